The van der Waals surface area contributed by atoms with Gasteiger partial charge >= 0.3 is 0 Å². The van der Waals surface area contributed by atoms with Crippen LogP contribution in [0.3, 0.4) is 0 Å². The Bertz CT molecular complexity index is 394. The van der Waals surface area contributed by atoms with Crippen molar-refractivity contribution in [3.05, 3.63) is 23.9 Å². The Morgan fingerprint density at radius 2 is 2.33 bits per heavy atom. The van der Waals surface area contributed by atoms with Crippen LogP contribution in [0.25, 0.3) is 0 Å². The Balaban J connectivity index is 3.10. The smallest absolute Gasteiger partial charge is 0.222 e. The third kappa shape index (κ3) is 3.16. The second-order valence-corrected chi connectivity index (χ2v) is 3.19. The molecule has 1 heterocycles. The summed E-state index contributed by atoms with van der Waals surface area (Å²) in [5.41, 5.74) is 7.42. The maximum Gasteiger partial charge on any atom is 0.222 e. The zero-order valence-electron chi connectivity index (χ0n) is 9.36. The lowest BCUT2D eigenvalue weighted by Crippen LogP contribution is -1.97. The van der Waals surface area contributed by atoms with Crippen LogP contribution in [0.15, 0.2) is 23.3 Å². The predicted molar refractivity (Wildman–Crippen MR) is 63.4 cm³/mol. The molecule has 0 radical (unpaired) electrons. The molecule has 4 nitrogen and oxygen atoms in total. The molecule has 0 bridgehead atoms. The summed E-state index contributed by atoms with van der Waals surface area (Å²) >= 11 is 0. The molecule has 0 aliphatic heterocycles. The van der Waals surface area contributed by atoms with Gasteiger partial charge in [-0.15, -0.1) is 0 Å². The number of nitrogens with zero attached hydrogens (tertiary/aromatic N) is 3. The van der Waals surface area contributed by atoms with Crippen molar-refractivity contribution in [1.29, 1.82) is 0 Å². The molecule has 1 rings (SSSR count). The second kappa shape index (κ2) is 5.24. The van der Waals surface area contributed by atoms with E-state index in [1.165, 1.54) is 0 Å². The Morgan fingerprint density at radius 3 is 2.93 bits per heavy atom. The molecule has 0 atom stereocenters. The lowest BCUT2D eigenvalue weighted by Gasteiger charge is -2.01. The summed E-state index contributed by atoms with van der Waals surface area (Å²) in [5.74, 6) is 0.910. The highest BCUT2D eigenvalue weighted by molar-refractivity contribution is 5.96. The minimum absolute atomic E-state index is 0.260. The van der Waals surface area contributed by atoms with E-state index < -0.39 is 0 Å². The van der Waals surface area contributed by atoms with Crippen molar-refractivity contribution < 1.29 is 0 Å². The van der Waals surface area contributed by atoms with Gasteiger partial charge in [-0.25, -0.2) is 9.98 Å². The number of allylic oxidation sites excluding steroid dienone is 2. The normalized spacial score (nSPS) is 12.3. The van der Waals surface area contributed by atoms with E-state index >= 15 is 0 Å². The maximum absolute atomic E-state index is 5.51. The number of anilines is 1. The molecule has 0 fully saturated rings. The highest BCUT2D eigenvalue weighted by Crippen LogP contribution is 2.15. The summed E-state index contributed by atoms with van der Waals surface area (Å²) in [7, 11) is 0. The summed E-state index contributed by atoms with van der Waals surface area (Å²) in [6.45, 7) is 5.94. The fraction of sp³-hybridized carbons (Fsp3) is 0.364. The number of aryl methyl sites for hydroxylation is 1. The number of aliphatic imine (C=N–C) groups is 1. The lowest BCUT2D eigenvalue weighted by atomic mass is 10.2. The van der Waals surface area contributed by atoms with Crippen LogP contribution in [0, 0.1) is 6.92 Å². The van der Waals surface area contributed by atoms with Gasteiger partial charge in [0.1, 0.15) is 0 Å². The molecule has 0 unspecified atom stereocenters. The molecule has 0 saturated heterocycles. The summed E-state index contributed by atoms with van der Waals surface area (Å²) in [4.78, 5) is 12.4. The molecule has 0 aromatic carbocycles. The monoisotopic (exact) mass is 204 g/mol. The highest BCUT2D eigenvalue weighted by Gasteiger charge is 2.00. The number of rotatable bonds is 3. The average molecular weight is 204 g/mol. The van der Waals surface area contributed by atoms with Gasteiger partial charge in [-0.2, -0.15) is 4.98 Å². The van der Waals surface area contributed by atoms with Crippen molar-refractivity contribution in [2.75, 3.05) is 5.73 Å². The zero-order chi connectivity index (χ0) is 11.3. The first kappa shape index (κ1) is 11.4. The van der Waals surface area contributed by atoms with Crippen LogP contribution in [0.5, 0.6) is 0 Å². The topological polar surface area (TPSA) is 64.2 Å². The van der Waals surface area contributed by atoms with E-state index in [4.69, 9.17) is 5.73 Å². The van der Waals surface area contributed by atoms with Crippen LogP contribution < -0.4 is 5.73 Å². The number of hydrogen-bond donors (Lipinski definition) is 1. The predicted octanol–water partition coefficient (Wildman–Crippen LogP) is 2.43. The van der Waals surface area contributed by atoms with E-state index in [2.05, 4.69) is 21.9 Å². The minimum atomic E-state index is 0.260. The van der Waals surface area contributed by atoms with Crippen LogP contribution in [0.1, 0.15) is 25.8 Å². The van der Waals surface area contributed by atoms with E-state index in [1.807, 2.05) is 26.0 Å². The van der Waals surface area contributed by atoms with Gasteiger partial charge in [0, 0.05) is 17.5 Å². The van der Waals surface area contributed by atoms with E-state index in [0.29, 0.717) is 5.82 Å². The van der Waals surface area contributed by atoms with Crippen molar-refractivity contribution in [2.24, 2.45) is 4.99 Å². The molecule has 80 valence electrons. The second-order valence-electron chi connectivity index (χ2n) is 3.19. The Morgan fingerprint density at radius 1 is 1.60 bits per heavy atom. The molecule has 1 aromatic heterocycles. The van der Waals surface area contributed by atoms with Crippen molar-refractivity contribution >= 4 is 17.5 Å². The summed E-state index contributed by atoms with van der Waals surface area (Å²) in [6.07, 6.45) is 6.48. The fourth-order valence-electron chi connectivity index (χ4n) is 1.12. The van der Waals surface area contributed by atoms with Crippen molar-refractivity contribution in [1.82, 2.24) is 9.97 Å². The van der Waals surface area contributed by atoms with Gasteiger partial charge < -0.3 is 5.73 Å². The minimum Gasteiger partial charge on any atom is -0.368 e. The standard InChI is InChI=1S/C11H16N4/c1-4-6-9(5-2)14-10-8(3)7-13-11(12)15-10/h4,6-7H,5H2,1-3H3,(H2,12,13,15)/b6-4-,14-9?. The molecule has 0 amide bonds. The quantitative estimate of drug-likeness (QED) is 0.769. The molecule has 0 aliphatic rings. The number of nitrogens with two attached hydrogens (primary N) is 1. The fourth-order valence-corrected chi connectivity index (χ4v) is 1.12. The third-order valence-corrected chi connectivity index (χ3v) is 1.93. The van der Waals surface area contributed by atoms with E-state index in [-0.39, 0.29) is 5.95 Å². The first-order chi connectivity index (χ1) is 7.17. The molecule has 0 saturated carbocycles. The Kier molecular flexibility index (Phi) is 3.97. The van der Waals surface area contributed by atoms with Crippen molar-refractivity contribution in [2.45, 2.75) is 27.2 Å². The van der Waals surface area contributed by atoms with Crippen molar-refractivity contribution in [3.8, 4) is 0 Å². The van der Waals surface area contributed by atoms with E-state index in [0.717, 1.165) is 17.7 Å². The highest BCUT2D eigenvalue weighted by atomic mass is 15.0. The summed E-state index contributed by atoms with van der Waals surface area (Å²) < 4.78 is 0. The molecule has 15 heavy (non-hydrogen) atoms. The van der Waals surface area contributed by atoms with Crippen LogP contribution in [0.4, 0.5) is 11.8 Å². The van der Waals surface area contributed by atoms with Gasteiger partial charge in [-0.3, -0.25) is 0 Å². The number of aromatic nitrogens is 2. The summed E-state index contributed by atoms with van der Waals surface area (Å²) in [5, 5.41) is 0. The molecular weight excluding hydrogens is 188 g/mol. The van der Waals surface area contributed by atoms with Gasteiger partial charge in [0.2, 0.25) is 5.95 Å². The average Bonchev–Trinajstić information content (AvgIpc) is 2.22. The Hall–Kier alpha value is -1.71. The van der Waals surface area contributed by atoms with E-state index in [1.54, 1.807) is 6.20 Å². The largest absolute Gasteiger partial charge is 0.368 e. The van der Waals surface area contributed by atoms with Crippen LogP contribution in [-0.2, 0) is 0 Å². The van der Waals surface area contributed by atoms with Crippen LogP contribution in [-0.4, -0.2) is 15.7 Å². The van der Waals surface area contributed by atoms with Crippen LogP contribution in [0.2, 0.25) is 0 Å². The Labute approximate surface area is 90.0 Å². The van der Waals surface area contributed by atoms with Gasteiger partial charge in [-0.1, -0.05) is 13.0 Å². The first-order valence-corrected chi connectivity index (χ1v) is 4.96. The molecule has 0 aliphatic carbocycles. The molecule has 1 aromatic rings. The molecule has 0 spiro atoms. The number of nitrogen functional groups attached to an aromatic ring is 1. The lowest BCUT2D eigenvalue weighted by molar-refractivity contribution is 1.12. The van der Waals surface area contributed by atoms with Gasteiger partial charge in [0.25, 0.3) is 0 Å². The third-order valence-electron chi connectivity index (χ3n) is 1.93. The van der Waals surface area contributed by atoms with Gasteiger partial charge in [-0.05, 0) is 26.3 Å². The number of hydrogen-bond acceptors (Lipinski definition) is 4. The SMILES string of the molecule is C/C=C\C(CC)=Nc1nc(N)ncc1C. The van der Waals surface area contributed by atoms with E-state index in [9.17, 15) is 0 Å². The molecular formula is C11H16N4. The van der Waals surface area contributed by atoms with Crippen LogP contribution >= 0.6 is 0 Å². The van der Waals surface area contributed by atoms with Crippen molar-refractivity contribution in [3.63, 3.8) is 0 Å². The maximum atomic E-state index is 5.51. The molecule has 2 N–H and O–H groups in total. The first-order valence-electron chi connectivity index (χ1n) is 4.96. The summed E-state index contributed by atoms with van der Waals surface area (Å²) in [6, 6.07) is 0. The zero-order valence-corrected chi connectivity index (χ0v) is 9.36. The van der Waals surface area contributed by atoms with Gasteiger partial charge in [0.15, 0.2) is 5.82 Å². The van der Waals surface area contributed by atoms with Gasteiger partial charge in [0.05, 0.1) is 0 Å². The molecule has 4 heteroatoms.